The van der Waals surface area contributed by atoms with Crippen LogP contribution in [0.1, 0.15) is 30.5 Å². The zero-order chi connectivity index (χ0) is 20.2. The van der Waals surface area contributed by atoms with Gasteiger partial charge in [0.05, 0.1) is 17.0 Å². The number of phenolic OH excluding ortho intramolecular Hbond substituents is 1. The molecule has 1 aliphatic carbocycles. The number of aromatic nitrogens is 2. The summed E-state index contributed by atoms with van der Waals surface area (Å²) < 4.78 is 0. The van der Waals surface area contributed by atoms with Gasteiger partial charge < -0.3 is 10.2 Å². The average molecular weight is 382 g/mol. The molecule has 29 heavy (non-hydrogen) atoms. The minimum absolute atomic E-state index is 0.268. The molecular weight excluding hydrogens is 360 g/mol. The summed E-state index contributed by atoms with van der Waals surface area (Å²) in [5, 5.41) is 27.6. The Labute approximate surface area is 169 Å². The maximum Gasteiger partial charge on any atom is 0.115 e. The van der Waals surface area contributed by atoms with Crippen molar-refractivity contribution in [2.24, 2.45) is 0 Å². The van der Waals surface area contributed by atoms with Crippen molar-refractivity contribution in [1.82, 2.24) is 10.2 Å². The first kappa shape index (κ1) is 17.7. The molecule has 0 aliphatic heterocycles. The molecule has 4 nitrogen and oxygen atoms in total. The first-order valence-corrected chi connectivity index (χ1v) is 9.73. The lowest BCUT2D eigenvalue weighted by Gasteiger charge is -2.18. The van der Waals surface area contributed by atoms with Crippen LogP contribution >= 0.6 is 0 Å². The van der Waals surface area contributed by atoms with Crippen LogP contribution in [-0.2, 0) is 12.0 Å². The highest BCUT2D eigenvalue weighted by Crippen LogP contribution is 2.41. The number of aromatic amines is 1. The highest BCUT2D eigenvalue weighted by molar-refractivity contribution is 5.82. The van der Waals surface area contributed by atoms with E-state index >= 15 is 0 Å². The van der Waals surface area contributed by atoms with Gasteiger partial charge >= 0.3 is 0 Å². The van der Waals surface area contributed by atoms with Gasteiger partial charge in [-0.1, -0.05) is 54.6 Å². The summed E-state index contributed by atoms with van der Waals surface area (Å²) in [5.74, 6) is 0.268. The minimum Gasteiger partial charge on any atom is -0.508 e. The van der Waals surface area contributed by atoms with E-state index < -0.39 is 5.60 Å². The van der Waals surface area contributed by atoms with Crippen LogP contribution in [0.3, 0.4) is 0 Å². The Morgan fingerprint density at radius 1 is 0.862 bits per heavy atom. The molecule has 0 unspecified atom stereocenters. The number of hydrogen-bond donors (Lipinski definition) is 3. The normalized spacial score (nSPS) is 12.7. The Hall–Kier alpha value is -3.37. The van der Waals surface area contributed by atoms with Gasteiger partial charge in [-0.3, -0.25) is 5.10 Å². The summed E-state index contributed by atoms with van der Waals surface area (Å²) >= 11 is 0. The van der Waals surface area contributed by atoms with E-state index in [0.29, 0.717) is 0 Å². The Morgan fingerprint density at radius 2 is 1.48 bits per heavy atom. The first-order valence-electron chi connectivity index (χ1n) is 9.73. The number of aliphatic hydroxyl groups is 1. The summed E-state index contributed by atoms with van der Waals surface area (Å²) in [6, 6.07) is 21.7. The maximum atomic E-state index is 10.3. The Morgan fingerprint density at radius 3 is 2.14 bits per heavy atom. The molecule has 0 fully saturated rings. The molecule has 144 valence electrons. The van der Waals surface area contributed by atoms with Gasteiger partial charge in [0.15, 0.2) is 0 Å². The molecule has 3 aromatic carbocycles. The SMILES string of the molecule is CC(C)(O)c1ccc2c(c1)Cc1c(-c3ccc(-c4ccc(O)cc4)cc3)n[nH]c1-2. The van der Waals surface area contributed by atoms with E-state index in [4.69, 9.17) is 0 Å². The van der Waals surface area contributed by atoms with Crippen molar-refractivity contribution in [3.63, 3.8) is 0 Å². The zero-order valence-corrected chi connectivity index (χ0v) is 16.4. The molecule has 0 amide bonds. The smallest absolute Gasteiger partial charge is 0.115 e. The number of benzene rings is 3. The topological polar surface area (TPSA) is 69.1 Å². The summed E-state index contributed by atoms with van der Waals surface area (Å²) in [7, 11) is 0. The lowest BCUT2D eigenvalue weighted by Crippen LogP contribution is -2.15. The highest BCUT2D eigenvalue weighted by Gasteiger charge is 2.27. The Bertz CT molecular complexity index is 1200. The Balaban J connectivity index is 1.48. The molecule has 0 atom stereocenters. The van der Waals surface area contributed by atoms with Crippen LogP contribution < -0.4 is 0 Å². The summed E-state index contributed by atoms with van der Waals surface area (Å²) in [6.45, 7) is 3.62. The van der Waals surface area contributed by atoms with E-state index in [2.05, 4.69) is 46.6 Å². The van der Waals surface area contributed by atoms with Crippen LogP contribution in [-0.4, -0.2) is 20.4 Å². The fraction of sp³-hybridized carbons (Fsp3) is 0.160. The molecular formula is C25H22N2O2. The molecule has 4 heteroatoms. The molecule has 5 rings (SSSR count). The van der Waals surface area contributed by atoms with Crippen molar-refractivity contribution in [1.29, 1.82) is 0 Å². The first-order chi connectivity index (χ1) is 13.9. The third-order valence-electron chi connectivity index (χ3n) is 5.67. The number of phenols is 1. The molecule has 4 aromatic rings. The summed E-state index contributed by atoms with van der Waals surface area (Å²) in [6.07, 6.45) is 0.806. The molecule has 1 heterocycles. The largest absolute Gasteiger partial charge is 0.508 e. The average Bonchev–Trinajstić information content (AvgIpc) is 3.27. The number of rotatable bonds is 3. The molecule has 0 spiro atoms. The minimum atomic E-state index is -0.851. The van der Waals surface area contributed by atoms with E-state index in [1.54, 1.807) is 12.1 Å². The predicted molar refractivity (Wildman–Crippen MR) is 115 cm³/mol. The van der Waals surface area contributed by atoms with Crippen LogP contribution in [0.25, 0.3) is 33.6 Å². The lowest BCUT2D eigenvalue weighted by molar-refractivity contribution is 0.0785. The molecule has 0 saturated heterocycles. The van der Waals surface area contributed by atoms with Gasteiger partial charge in [0.25, 0.3) is 0 Å². The molecule has 0 bridgehead atoms. The Kier molecular flexibility index (Phi) is 3.86. The number of hydrogen-bond acceptors (Lipinski definition) is 3. The van der Waals surface area contributed by atoms with Crippen LogP contribution in [0.15, 0.2) is 66.7 Å². The second-order valence-electron chi connectivity index (χ2n) is 8.16. The van der Waals surface area contributed by atoms with Crippen molar-refractivity contribution in [3.05, 3.63) is 83.4 Å². The monoisotopic (exact) mass is 382 g/mol. The van der Waals surface area contributed by atoms with Gasteiger partial charge in [-0.2, -0.15) is 5.10 Å². The van der Waals surface area contributed by atoms with Crippen molar-refractivity contribution in [2.75, 3.05) is 0 Å². The van der Waals surface area contributed by atoms with Gasteiger partial charge in [0, 0.05) is 23.1 Å². The number of nitrogens with one attached hydrogen (secondary N) is 1. The lowest BCUT2D eigenvalue weighted by atomic mass is 9.94. The van der Waals surface area contributed by atoms with Gasteiger partial charge in [-0.15, -0.1) is 0 Å². The van der Waals surface area contributed by atoms with Crippen molar-refractivity contribution in [2.45, 2.75) is 25.9 Å². The second-order valence-corrected chi connectivity index (χ2v) is 8.16. The molecule has 0 radical (unpaired) electrons. The van der Waals surface area contributed by atoms with Gasteiger partial charge in [-0.05, 0) is 48.2 Å². The van der Waals surface area contributed by atoms with E-state index in [0.717, 1.165) is 45.6 Å². The quantitative estimate of drug-likeness (QED) is 0.399. The van der Waals surface area contributed by atoms with Gasteiger partial charge in [0.1, 0.15) is 5.75 Å². The maximum absolute atomic E-state index is 10.3. The van der Waals surface area contributed by atoms with Crippen molar-refractivity contribution < 1.29 is 10.2 Å². The highest BCUT2D eigenvalue weighted by atomic mass is 16.3. The number of H-pyrrole nitrogens is 1. The van der Waals surface area contributed by atoms with Gasteiger partial charge in [-0.25, -0.2) is 0 Å². The van der Waals surface area contributed by atoms with E-state index in [9.17, 15) is 10.2 Å². The predicted octanol–water partition coefficient (Wildman–Crippen LogP) is 5.25. The number of nitrogens with zero attached hydrogens (tertiary/aromatic N) is 1. The zero-order valence-electron chi connectivity index (χ0n) is 16.4. The number of aromatic hydroxyl groups is 1. The second kappa shape index (κ2) is 6.33. The van der Waals surface area contributed by atoms with Crippen LogP contribution in [0.5, 0.6) is 5.75 Å². The standard InChI is InChI=1S/C25H22N2O2/c1-25(2,29)19-9-12-21-18(13-19)14-22-23(26-27-24(21)22)17-5-3-15(4-6-17)16-7-10-20(28)11-8-16/h3-13,28-29H,14H2,1-2H3,(H,26,27). The summed E-state index contributed by atoms with van der Waals surface area (Å²) in [4.78, 5) is 0. The van der Waals surface area contributed by atoms with Crippen LogP contribution in [0.2, 0.25) is 0 Å². The van der Waals surface area contributed by atoms with Crippen LogP contribution in [0, 0.1) is 0 Å². The van der Waals surface area contributed by atoms with E-state index in [1.807, 2.05) is 32.0 Å². The number of fused-ring (bicyclic) bond motifs is 3. The third kappa shape index (κ3) is 3.02. The van der Waals surface area contributed by atoms with Crippen molar-refractivity contribution in [3.8, 4) is 39.4 Å². The fourth-order valence-corrected chi connectivity index (χ4v) is 4.03. The van der Waals surface area contributed by atoms with E-state index in [1.165, 1.54) is 11.1 Å². The molecule has 0 saturated carbocycles. The van der Waals surface area contributed by atoms with Crippen molar-refractivity contribution >= 4 is 0 Å². The molecule has 3 N–H and O–H groups in total. The van der Waals surface area contributed by atoms with Crippen LogP contribution in [0.4, 0.5) is 0 Å². The fourth-order valence-electron chi connectivity index (χ4n) is 4.03. The van der Waals surface area contributed by atoms with Gasteiger partial charge in [0.2, 0.25) is 0 Å². The summed E-state index contributed by atoms with van der Waals surface area (Å²) in [5.41, 5.74) is 8.92. The molecule has 1 aromatic heterocycles. The molecule has 1 aliphatic rings. The third-order valence-corrected chi connectivity index (χ3v) is 5.67. The van der Waals surface area contributed by atoms with E-state index in [-0.39, 0.29) is 5.75 Å².